The lowest BCUT2D eigenvalue weighted by atomic mass is 9.85. The van der Waals surface area contributed by atoms with E-state index < -0.39 is 17.2 Å². The highest BCUT2D eigenvalue weighted by atomic mass is 79.9. The van der Waals surface area contributed by atoms with Crippen molar-refractivity contribution in [1.82, 2.24) is 0 Å². The Morgan fingerprint density at radius 2 is 2.15 bits per heavy atom. The summed E-state index contributed by atoms with van der Waals surface area (Å²) >= 11 is 3.31. The zero-order valence-electron chi connectivity index (χ0n) is 11.6. The van der Waals surface area contributed by atoms with Crippen LogP contribution in [0.4, 0.5) is 4.39 Å². The molecule has 2 rings (SSSR count). The van der Waals surface area contributed by atoms with Crippen molar-refractivity contribution in [3.63, 3.8) is 0 Å². The van der Waals surface area contributed by atoms with Crippen LogP contribution in [-0.4, -0.2) is 17.2 Å². The van der Waals surface area contributed by atoms with Crippen molar-refractivity contribution in [2.75, 3.05) is 0 Å². The Hall–Kier alpha value is -1.10. The summed E-state index contributed by atoms with van der Waals surface area (Å²) in [7, 11) is 0. The monoisotopic (exact) mass is 344 g/mol. The first kappa shape index (κ1) is 15.3. The van der Waals surface area contributed by atoms with Crippen LogP contribution in [0.25, 0.3) is 0 Å². The third kappa shape index (κ3) is 3.32. The van der Waals surface area contributed by atoms with Gasteiger partial charge >= 0.3 is 5.97 Å². The molecular weight excluding hydrogens is 327 g/mol. The molecule has 0 aromatic heterocycles. The maximum atomic E-state index is 13.6. The minimum absolute atomic E-state index is 0.156. The van der Waals surface area contributed by atoms with Gasteiger partial charge in [0.2, 0.25) is 0 Å². The second-order valence-corrected chi connectivity index (χ2v) is 6.77. The number of ether oxygens (including phenoxy) is 1. The summed E-state index contributed by atoms with van der Waals surface area (Å²) in [6.45, 7) is 3.25. The molecule has 1 aliphatic rings. The van der Waals surface area contributed by atoms with E-state index in [1.54, 1.807) is 13.8 Å². The molecule has 3 nitrogen and oxygen atoms in total. The van der Waals surface area contributed by atoms with E-state index in [2.05, 4.69) is 15.9 Å². The maximum absolute atomic E-state index is 13.6. The molecule has 5 heteroatoms. The molecule has 0 radical (unpaired) electrons. The predicted octanol–water partition coefficient (Wildman–Crippen LogP) is 4.17. The van der Waals surface area contributed by atoms with Gasteiger partial charge in [-0.1, -0.05) is 0 Å². The first-order valence-corrected chi connectivity index (χ1v) is 7.47. The summed E-state index contributed by atoms with van der Waals surface area (Å²) in [5, 5.41) is 9.23. The van der Waals surface area contributed by atoms with Gasteiger partial charge in [0.15, 0.2) is 0 Å². The Morgan fingerprint density at radius 1 is 1.50 bits per heavy atom. The molecule has 0 amide bonds. The van der Waals surface area contributed by atoms with Gasteiger partial charge in [0.25, 0.3) is 0 Å². The van der Waals surface area contributed by atoms with Crippen LogP contribution in [0.5, 0.6) is 5.75 Å². The SMILES string of the molecule is CC(C)(Cc1cc(F)cc(Br)c1OC1CCC1)C(=O)O. The minimum Gasteiger partial charge on any atom is -0.489 e. The molecule has 0 unspecified atom stereocenters. The lowest BCUT2D eigenvalue weighted by Crippen LogP contribution is -2.28. The van der Waals surface area contributed by atoms with Gasteiger partial charge in [-0.15, -0.1) is 0 Å². The number of hydrogen-bond donors (Lipinski definition) is 1. The Morgan fingerprint density at radius 3 is 2.65 bits per heavy atom. The lowest BCUT2D eigenvalue weighted by Gasteiger charge is -2.29. The second kappa shape index (κ2) is 5.72. The highest BCUT2D eigenvalue weighted by molar-refractivity contribution is 9.10. The van der Waals surface area contributed by atoms with Crippen molar-refractivity contribution in [1.29, 1.82) is 0 Å². The van der Waals surface area contributed by atoms with Crippen molar-refractivity contribution in [3.8, 4) is 5.75 Å². The van der Waals surface area contributed by atoms with Crippen LogP contribution in [-0.2, 0) is 11.2 Å². The van der Waals surface area contributed by atoms with Gasteiger partial charge in [0.1, 0.15) is 11.6 Å². The number of carbonyl (C=O) groups is 1. The summed E-state index contributed by atoms with van der Waals surface area (Å²) in [6, 6.07) is 2.72. The van der Waals surface area contributed by atoms with Crippen LogP contribution >= 0.6 is 15.9 Å². The van der Waals surface area contributed by atoms with E-state index in [9.17, 15) is 14.3 Å². The van der Waals surface area contributed by atoms with E-state index in [1.165, 1.54) is 12.1 Å². The first-order valence-electron chi connectivity index (χ1n) is 6.67. The summed E-state index contributed by atoms with van der Waals surface area (Å²) in [5.41, 5.74) is -0.374. The molecule has 1 aromatic carbocycles. The molecule has 1 aromatic rings. The van der Waals surface area contributed by atoms with Crippen LogP contribution in [0, 0.1) is 11.2 Å². The van der Waals surface area contributed by atoms with Gasteiger partial charge in [-0.3, -0.25) is 4.79 Å². The van der Waals surface area contributed by atoms with Crippen molar-refractivity contribution in [2.24, 2.45) is 5.41 Å². The van der Waals surface area contributed by atoms with Gasteiger partial charge in [-0.2, -0.15) is 0 Å². The zero-order chi connectivity index (χ0) is 14.9. The number of halogens is 2. The molecule has 1 saturated carbocycles. The van der Waals surface area contributed by atoms with Crippen molar-refractivity contribution >= 4 is 21.9 Å². The summed E-state index contributed by atoms with van der Waals surface area (Å²) in [4.78, 5) is 11.2. The van der Waals surface area contributed by atoms with Crippen LogP contribution in [0.2, 0.25) is 0 Å². The smallest absolute Gasteiger partial charge is 0.309 e. The fraction of sp³-hybridized carbons (Fsp3) is 0.533. The molecule has 0 bridgehead atoms. The molecule has 110 valence electrons. The predicted molar refractivity (Wildman–Crippen MR) is 77.5 cm³/mol. The lowest BCUT2D eigenvalue weighted by molar-refractivity contribution is -0.146. The van der Waals surface area contributed by atoms with Gasteiger partial charge in [0.05, 0.1) is 16.0 Å². The van der Waals surface area contributed by atoms with Crippen LogP contribution < -0.4 is 4.74 Å². The fourth-order valence-corrected chi connectivity index (χ4v) is 2.65. The molecule has 20 heavy (non-hydrogen) atoms. The van der Waals surface area contributed by atoms with E-state index in [-0.39, 0.29) is 12.5 Å². The number of rotatable bonds is 5. The minimum atomic E-state index is -0.967. The average molecular weight is 345 g/mol. The highest BCUT2D eigenvalue weighted by Crippen LogP contribution is 2.37. The molecule has 0 saturated heterocycles. The van der Waals surface area contributed by atoms with Gasteiger partial charge in [0, 0.05) is 0 Å². The van der Waals surface area contributed by atoms with Crippen molar-refractivity contribution < 1.29 is 19.0 Å². The summed E-state index contributed by atoms with van der Waals surface area (Å²) < 4.78 is 20.0. The Balaban J connectivity index is 2.31. The van der Waals surface area contributed by atoms with Crippen molar-refractivity contribution in [2.45, 2.75) is 45.6 Å². The fourth-order valence-electron chi connectivity index (χ4n) is 2.08. The standard InChI is InChI=1S/C15H18BrFO3/c1-15(2,14(18)19)8-9-6-10(17)7-12(16)13(9)20-11-4-3-5-11/h6-7,11H,3-5,8H2,1-2H3,(H,18,19). The maximum Gasteiger partial charge on any atom is 0.309 e. The average Bonchev–Trinajstić information content (AvgIpc) is 2.24. The molecule has 1 fully saturated rings. The summed E-state index contributed by atoms with van der Waals surface area (Å²) in [6.07, 6.45) is 3.50. The van der Waals surface area contributed by atoms with E-state index in [0.717, 1.165) is 19.3 Å². The number of benzene rings is 1. The Bertz CT molecular complexity index is 524. The number of aliphatic carboxylic acids is 1. The van der Waals surface area contributed by atoms with Gasteiger partial charge in [-0.25, -0.2) is 4.39 Å². The van der Waals surface area contributed by atoms with Crippen LogP contribution in [0.3, 0.4) is 0 Å². The van der Waals surface area contributed by atoms with Crippen LogP contribution in [0.1, 0.15) is 38.7 Å². The molecule has 1 N–H and O–H groups in total. The third-order valence-corrected chi connectivity index (χ3v) is 4.22. The topological polar surface area (TPSA) is 46.5 Å². The van der Waals surface area contributed by atoms with Gasteiger partial charge < -0.3 is 9.84 Å². The number of carboxylic acids is 1. The molecule has 0 heterocycles. The number of hydrogen-bond acceptors (Lipinski definition) is 2. The Labute approximate surface area is 126 Å². The first-order chi connectivity index (χ1) is 9.29. The third-order valence-electron chi connectivity index (χ3n) is 3.63. The van der Waals surface area contributed by atoms with Crippen molar-refractivity contribution in [3.05, 3.63) is 28.0 Å². The summed E-state index contributed by atoms with van der Waals surface area (Å²) in [5.74, 6) is -0.730. The molecular formula is C15H18BrFO3. The highest BCUT2D eigenvalue weighted by Gasteiger charge is 2.30. The van der Waals surface area contributed by atoms with Gasteiger partial charge in [-0.05, 0) is 73.2 Å². The molecule has 0 aliphatic heterocycles. The van der Waals surface area contributed by atoms with E-state index in [4.69, 9.17) is 4.74 Å². The zero-order valence-corrected chi connectivity index (χ0v) is 13.2. The largest absolute Gasteiger partial charge is 0.489 e. The normalized spacial score (nSPS) is 15.8. The molecule has 0 atom stereocenters. The van der Waals surface area contributed by atoms with E-state index >= 15 is 0 Å². The number of carboxylic acid groups (broad SMARTS) is 1. The molecule has 0 spiro atoms. The van der Waals surface area contributed by atoms with E-state index in [0.29, 0.717) is 15.8 Å². The quantitative estimate of drug-likeness (QED) is 0.871. The Kier molecular flexibility index (Phi) is 4.37. The van der Waals surface area contributed by atoms with Crippen LogP contribution in [0.15, 0.2) is 16.6 Å². The molecule has 1 aliphatic carbocycles. The second-order valence-electron chi connectivity index (χ2n) is 5.91. The van der Waals surface area contributed by atoms with E-state index in [1.807, 2.05) is 0 Å².